The lowest BCUT2D eigenvalue weighted by Crippen LogP contribution is -2.17. The molecule has 2 aromatic carbocycles. The molecule has 3 nitrogen and oxygen atoms in total. The van der Waals surface area contributed by atoms with Crippen LogP contribution in [0.2, 0.25) is 0 Å². The molecule has 0 radical (unpaired) electrons. The van der Waals surface area contributed by atoms with Gasteiger partial charge in [0, 0.05) is 12.2 Å². The van der Waals surface area contributed by atoms with Gasteiger partial charge in [0.25, 0.3) is 0 Å². The molecular weight excluding hydrogens is 272 g/mol. The summed E-state index contributed by atoms with van der Waals surface area (Å²) in [4.78, 5) is 5.98. The Morgan fingerprint density at radius 3 is 2.29 bits per heavy atom. The minimum atomic E-state index is -0.367. The molecule has 0 N–H and O–H groups in total. The molecule has 1 aliphatic rings. The van der Waals surface area contributed by atoms with Gasteiger partial charge in [-0.05, 0) is 36.4 Å². The predicted octanol–water partition coefficient (Wildman–Crippen LogP) is 3.37. The maximum Gasteiger partial charge on any atom is 0.125 e. The molecule has 1 heterocycles. The molecule has 0 atom stereocenters. The molecule has 0 bridgehead atoms. The Bertz CT molecular complexity index is 677. The van der Waals surface area contributed by atoms with E-state index in [4.69, 9.17) is 5.26 Å². The molecule has 0 unspecified atom stereocenters. The third kappa shape index (κ3) is 4.39. The minimum absolute atomic E-state index is 0.201. The molecule has 0 aromatic heterocycles. The molecule has 0 aliphatic carbocycles. The largest absolute Gasteiger partial charge is 0.331 e. The Morgan fingerprint density at radius 2 is 1.76 bits per heavy atom. The number of nitriles is 1. The summed E-state index contributed by atoms with van der Waals surface area (Å²) in [5, 5.41) is 8.25. The van der Waals surface area contributed by atoms with Gasteiger partial charge in [0.15, 0.2) is 0 Å². The van der Waals surface area contributed by atoms with E-state index >= 15 is 0 Å². The van der Waals surface area contributed by atoms with Gasteiger partial charge in [-0.15, -0.1) is 0 Å². The summed E-state index contributed by atoms with van der Waals surface area (Å²) in [6.07, 6.45) is 1.74. The molecule has 5 heteroatoms. The van der Waals surface area contributed by atoms with E-state index in [1.165, 1.54) is 30.3 Å². The molecule has 0 fully saturated rings. The second-order valence-electron chi connectivity index (χ2n) is 4.32. The van der Waals surface area contributed by atoms with Crippen LogP contribution in [-0.4, -0.2) is 19.4 Å². The lowest BCUT2D eigenvalue weighted by atomic mass is 10.2. The Morgan fingerprint density at radius 1 is 1.05 bits per heavy atom. The van der Waals surface area contributed by atoms with Crippen LogP contribution >= 0.6 is 0 Å². The normalized spacial score (nSPS) is 12.5. The monoisotopic (exact) mass is 285 g/mol. The average molecular weight is 285 g/mol. The third-order valence-corrected chi connectivity index (χ3v) is 2.78. The van der Waals surface area contributed by atoms with Crippen molar-refractivity contribution in [2.75, 3.05) is 18.0 Å². The molecule has 21 heavy (non-hydrogen) atoms. The molecule has 3 rings (SSSR count). The van der Waals surface area contributed by atoms with Crippen molar-refractivity contribution in [1.29, 1.82) is 5.26 Å². The van der Waals surface area contributed by atoms with E-state index in [-0.39, 0.29) is 11.6 Å². The highest BCUT2D eigenvalue weighted by atomic mass is 19.1. The number of aliphatic imine (C=N–C) groups is 1. The summed E-state index contributed by atoms with van der Waals surface area (Å²) in [6.45, 7) is 1.65. The first-order valence-electron chi connectivity index (χ1n) is 6.37. The van der Waals surface area contributed by atoms with Crippen molar-refractivity contribution < 1.29 is 8.78 Å². The number of rotatable bonds is 1. The summed E-state index contributed by atoms with van der Waals surface area (Å²) < 4.78 is 25.0. The van der Waals surface area contributed by atoms with E-state index < -0.39 is 0 Å². The number of benzene rings is 2. The zero-order valence-electron chi connectivity index (χ0n) is 11.2. The molecule has 0 spiro atoms. The molecule has 0 saturated carbocycles. The highest BCUT2D eigenvalue weighted by Gasteiger charge is 2.07. The van der Waals surface area contributed by atoms with Crippen LogP contribution in [0.25, 0.3) is 0 Å². The Balaban J connectivity index is 0.000000161. The van der Waals surface area contributed by atoms with Crippen LogP contribution < -0.4 is 4.90 Å². The Hall–Kier alpha value is -2.74. The zero-order chi connectivity index (χ0) is 15.1. The number of hydrogen-bond acceptors (Lipinski definition) is 3. The SMILES string of the molecule is Fc1cccc(N2C=NCC2)c1.N#Cc1cccc(F)c1. The second kappa shape index (κ2) is 7.15. The summed E-state index contributed by atoms with van der Waals surface area (Å²) in [5.74, 6) is -0.568. The molecule has 0 amide bonds. The Kier molecular flexibility index (Phi) is 4.99. The van der Waals surface area contributed by atoms with Crippen molar-refractivity contribution in [3.8, 4) is 6.07 Å². The highest BCUT2D eigenvalue weighted by molar-refractivity contribution is 5.80. The maximum atomic E-state index is 12.7. The van der Waals surface area contributed by atoms with Gasteiger partial charge >= 0.3 is 0 Å². The number of hydrogen-bond donors (Lipinski definition) is 0. The predicted molar refractivity (Wildman–Crippen MR) is 78.2 cm³/mol. The molecule has 0 saturated heterocycles. The quantitative estimate of drug-likeness (QED) is 0.806. The molecule has 106 valence electrons. The summed E-state index contributed by atoms with van der Waals surface area (Å²) in [6, 6.07) is 13.9. The third-order valence-electron chi connectivity index (χ3n) is 2.78. The fraction of sp³-hybridized carbons (Fsp3) is 0.125. The first kappa shape index (κ1) is 14.7. The number of nitrogens with zero attached hydrogens (tertiary/aromatic N) is 3. The number of anilines is 1. The van der Waals surface area contributed by atoms with Crippen LogP contribution in [0, 0.1) is 23.0 Å². The maximum absolute atomic E-state index is 12.7. The standard InChI is InChI=1S/C9H9FN2.C7H4FN/c10-8-2-1-3-9(6-8)12-5-4-11-7-12;8-7-3-1-2-6(4-7)5-9/h1-3,6-7H,4-5H2;1-4H. The summed E-state index contributed by atoms with van der Waals surface area (Å²) in [7, 11) is 0. The van der Waals surface area contributed by atoms with Gasteiger partial charge in [0.05, 0.1) is 24.5 Å². The topological polar surface area (TPSA) is 39.4 Å². The lowest BCUT2D eigenvalue weighted by molar-refractivity contribution is 0.627. The van der Waals surface area contributed by atoms with Gasteiger partial charge in [0.2, 0.25) is 0 Å². The van der Waals surface area contributed by atoms with Gasteiger partial charge in [-0.3, -0.25) is 4.99 Å². The van der Waals surface area contributed by atoms with Crippen molar-refractivity contribution >= 4 is 12.0 Å². The van der Waals surface area contributed by atoms with Crippen LogP contribution in [0.4, 0.5) is 14.5 Å². The van der Waals surface area contributed by atoms with Gasteiger partial charge in [0.1, 0.15) is 11.6 Å². The average Bonchev–Trinajstić information content (AvgIpc) is 3.02. The van der Waals surface area contributed by atoms with Crippen LogP contribution in [0.5, 0.6) is 0 Å². The van der Waals surface area contributed by atoms with E-state index in [1.807, 2.05) is 17.0 Å². The fourth-order valence-electron chi connectivity index (χ4n) is 1.79. The Labute approximate surface area is 121 Å². The lowest BCUT2D eigenvalue weighted by Gasteiger charge is -2.12. The van der Waals surface area contributed by atoms with Crippen LogP contribution in [0.15, 0.2) is 53.5 Å². The van der Waals surface area contributed by atoms with E-state index in [0.717, 1.165) is 18.8 Å². The van der Waals surface area contributed by atoms with Crippen molar-refractivity contribution in [2.24, 2.45) is 4.99 Å². The van der Waals surface area contributed by atoms with Gasteiger partial charge in [-0.2, -0.15) is 5.26 Å². The molecule has 1 aliphatic heterocycles. The van der Waals surface area contributed by atoms with Crippen molar-refractivity contribution in [3.05, 3.63) is 65.7 Å². The molecular formula is C16H13F2N3. The first-order valence-corrected chi connectivity index (χ1v) is 6.37. The highest BCUT2D eigenvalue weighted by Crippen LogP contribution is 2.15. The van der Waals surface area contributed by atoms with Crippen LogP contribution in [0.1, 0.15) is 5.56 Å². The smallest absolute Gasteiger partial charge is 0.125 e. The summed E-state index contributed by atoms with van der Waals surface area (Å²) in [5.41, 5.74) is 1.23. The van der Waals surface area contributed by atoms with E-state index in [2.05, 4.69) is 4.99 Å². The second-order valence-corrected chi connectivity index (χ2v) is 4.32. The molecule has 2 aromatic rings. The van der Waals surface area contributed by atoms with Crippen molar-refractivity contribution in [1.82, 2.24) is 0 Å². The van der Waals surface area contributed by atoms with Gasteiger partial charge < -0.3 is 4.90 Å². The van der Waals surface area contributed by atoms with Crippen molar-refractivity contribution in [2.45, 2.75) is 0 Å². The zero-order valence-corrected chi connectivity index (χ0v) is 11.2. The van der Waals surface area contributed by atoms with E-state index in [9.17, 15) is 8.78 Å². The van der Waals surface area contributed by atoms with Crippen molar-refractivity contribution in [3.63, 3.8) is 0 Å². The van der Waals surface area contributed by atoms with E-state index in [1.54, 1.807) is 18.5 Å². The van der Waals surface area contributed by atoms with Crippen LogP contribution in [-0.2, 0) is 0 Å². The summed E-state index contributed by atoms with van der Waals surface area (Å²) >= 11 is 0. The first-order chi connectivity index (χ1) is 10.2. The minimum Gasteiger partial charge on any atom is -0.331 e. The van der Waals surface area contributed by atoms with Gasteiger partial charge in [-0.1, -0.05) is 12.1 Å². The number of halogens is 2. The van der Waals surface area contributed by atoms with E-state index in [0.29, 0.717) is 5.56 Å². The van der Waals surface area contributed by atoms with Crippen LogP contribution in [0.3, 0.4) is 0 Å². The van der Waals surface area contributed by atoms with Gasteiger partial charge in [-0.25, -0.2) is 8.78 Å². The fourth-order valence-corrected chi connectivity index (χ4v) is 1.79.